The number of allylic oxidation sites excluding steroid dienone is 1. The highest BCUT2D eigenvalue weighted by Gasteiger charge is 2.09. The first-order valence-electron chi connectivity index (χ1n) is 4.98. The Morgan fingerprint density at radius 2 is 2.21 bits per heavy atom. The average molecular weight is 228 g/mol. The Balaban J connectivity index is 1.95. The van der Waals surface area contributed by atoms with E-state index in [1.54, 1.807) is 11.3 Å². The molecule has 0 spiro atoms. The molecule has 3 heteroatoms. The Morgan fingerprint density at radius 3 is 2.86 bits per heavy atom. The van der Waals surface area contributed by atoms with Crippen LogP contribution in [0.1, 0.15) is 17.7 Å². The van der Waals surface area contributed by atoms with Crippen molar-refractivity contribution in [2.75, 3.05) is 13.1 Å². The van der Waals surface area contributed by atoms with Crippen LogP contribution in [0, 0.1) is 5.92 Å². The number of thiophene rings is 1. The number of halogens is 1. The minimum atomic E-state index is 0.731. The molecule has 1 aromatic heterocycles. The van der Waals surface area contributed by atoms with Gasteiger partial charge in [-0.3, -0.25) is 0 Å². The SMILES string of the molecule is Clc1ccsc1C=CC1CCNCC1. The molecule has 1 fully saturated rings. The second kappa shape index (κ2) is 4.96. The fraction of sp³-hybridized carbons (Fsp3) is 0.455. The molecular formula is C11H14ClNS. The summed E-state index contributed by atoms with van der Waals surface area (Å²) in [5.74, 6) is 0.731. The molecular weight excluding hydrogens is 214 g/mol. The second-order valence-corrected chi connectivity index (χ2v) is 4.93. The number of piperidine rings is 1. The largest absolute Gasteiger partial charge is 0.317 e. The van der Waals surface area contributed by atoms with Crippen LogP contribution in [0.3, 0.4) is 0 Å². The molecule has 1 aromatic rings. The van der Waals surface area contributed by atoms with Gasteiger partial charge in [0.15, 0.2) is 0 Å². The lowest BCUT2D eigenvalue weighted by molar-refractivity contribution is 0.438. The van der Waals surface area contributed by atoms with Gasteiger partial charge in [0.1, 0.15) is 0 Å². The Morgan fingerprint density at radius 1 is 1.43 bits per heavy atom. The maximum atomic E-state index is 6.00. The zero-order chi connectivity index (χ0) is 9.80. The lowest BCUT2D eigenvalue weighted by Gasteiger charge is -2.18. The molecule has 0 unspecified atom stereocenters. The van der Waals surface area contributed by atoms with Crippen LogP contribution in [0.15, 0.2) is 17.5 Å². The molecule has 1 nitrogen and oxygen atoms in total. The predicted octanol–water partition coefficient (Wildman–Crippen LogP) is 3.41. The van der Waals surface area contributed by atoms with Crippen molar-refractivity contribution in [1.82, 2.24) is 5.32 Å². The first-order valence-corrected chi connectivity index (χ1v) is 6.24. The van der Waals surface area contributed by atoms with Crippen molar-refractivity contribution >= 4 is 29.0 Å². The third-order valence-electron chi connectivity index (χ3n) is 2.55. The molecule has 1 N–H and O–H groups in total. The van der Waals surface area contributed by atoms with E-state index < -0.39 is 0 Å². The Bertz CT molecular complexity index is 313. The standard InChI is InChI=1S/C11H14ClNS/c12-10-5-8-14-11(10)2-1-9-3-6-13-7-4-9/h1-2,5,8-9,13H,3-4,6-7H2. The lowest BCUT2D eigenvalue weighted by Crippen LogP contribution is -2.26. The number of nitrogens with one attached hydrogen (secondary N) is 1. The van der Waals surface area contributed by atoms with Gasteiger partial charge >= 0.3 is 0 Å². The first-order chi connectivity index (χ1) is 6.86. The van der Waals surface area contributed by atoms with E-state index in [0.717, 1.165) is 24.0 Å². The minimum absolute atomic E-state index is 0.731. The molecule has 0 saturated carbocycles. The smallest absolute Gasteiger partial charge is 0.0586 e. The summed E-state index contributed by atoms with van der Waals surface area (Å²) < 4.78 is 0. The van der Waals surface area contributed by atoms with E-state index in [1.165, 1.54) is 17.7 Å². The van der Waals surface area contributed by atoms with E-state index in [9.17, 15) is 0 Å². The van der Waals surface area contributed by atoms with Gasteiger partial charge in [-0.15, -0.1) is 11.3 Å². The maximum absolute atomic E-state index is 6.00. The highest BCUT2D eigenvalue weighted by molar-refractivity contribution is 7.11. The molecule has 0 atom stereocenters. The first kappa shape index (κ1) is 10.2. The van der Waals surface area contributed by atoms with Crippen molar-refractivity contribution in [3.63, 3.8) is 0 Å². The van der Waals surface area contributed by atoms with E-state index in [0.29, 0.717) is 0 Å². The Labute approximate surface area is 93.8 Å². The van der Waals surface area contributed by atoms with Gasteiger partial charge in [-0.1, -0.05) is 17.7 Å². The summed E-state index contributed by atoms with van der Waals surface area (Å²) in [4.78, 5) is 1.19. The van der Waals surface area contributed by atoms with Crippen molar-refractivity contribution in [3.05, 3.63) is 27.4 Å². The highest BCUT2D eigenvalue weighted by Crippen LogP contribution is 2.25. The van der Waals surface area contributed by atoms with Gasteiger partial charge in [0.05, 0.1) is 5.02 Å². The van der Waals surface area contributed by atoms with E-state index in [1.807, 2.05) is 11.4 Å². The van der Waals surface area contributed by atoms with Gasteiger partial charge < -0.3 is 5.32 Å². The average Bonchev–Trinajstić information content (AvgIpc) is 2.63. The molecule has 2 rings (SSSR count). The van der Waals surface area contributed by atoms with Gasteiger partial charge in [0.25, 0.3) is 0 Å². The van der Waals surface area contributed by atoms with E-state index in [4.69, 9.17) is 11.6 Å². The van der Waals surface area contributed by atoms with Crippen LogP contribution in [0.5, 0.6) is 0 Å². The minimum Gasteiger partial charge on any atom is -0.317 e. The predicted molar refractivity (Wildman–Crippen MR) is 64.0 cm³/mol. The van der Waals surface area contributed by atoms with Crippen molar-refractivity contribution in [2.45, 2.75) is 12.8 Å². The molecule has 1 aliphatic rings. The molecule has 0 bridgehead atoms. The van der Waals surface area contributed by atoms with E-state index in [2.05, 4.69) is 17.5 Å². The second-order valence-electron chi connectivity index (χ2n) is 3.58. The zero-order valence-electron chi connectivity index (χ0n) is 8.00. The van der Waals surface area contributed by atoms with Crippen LogP contribution in [0.25, 0.3) is 6.08 Å². The Hall–Kier alpha value is -0.310. The number of rotatable bonds is 2. The maximum Gasteiger partial charge on any atom is 0.0586 e. The van der Waals surface area contributed by atoms with Gasteiger partial charge in [-0.05, 0) is 49.4 Å². The van der Waals surface area contributed by atoms with Gasteiger partial charge in [-0.25, -0.2) is 0 Å². The summed E-state index contributed by atoms with van der Waals surface area (Å²) in [6, 6.07) is 1.95. The van der Waals surface area contributed by atoms with Crippen molar-refractivity contribution in [3.8, 4) is 0 Å². The molecule has 76 valence electrons. The van der Waals surface area contributed by atoms with Crippen LogP contribution in [0.2, 0.25) is 5.02 Å². The fourth-order valence-electron chi connectivity index (χ4n) is 1.68. The Kier molecular flexibility index (Phi) is 3.62. The van der Waals surface area contributed by atoms with Crippen LogP contribution >= 0.6 is 22.9 Å². The highest BCUT2D eigenvalue weighted by atomic mass is 35.5. The molecule has 14 heavy (non-hydrogen) atoms. The summed E-state index contributed by atoms with van der Waals surface area (Å²) >= 11 is 7.71. The molecule has 0 amide bonds. The molecule has 1 saturated heterocycles. The summed E-state index contributed by atoms with van der Waals surface area (Å²) in [7, 11) is 0. The van der Waals surface area contributed by atoms with Crippen molar-refractivity contribution in [2.24, 2.45) is 5.92 Å². The van der Waals surface area contributed by atoms with Gasteiger partial charge in [-0.2, -0.15) is 0 Å². The van der Waals surface area contributed by atoms with Gasteiger partial charge in [0.2, 0.25) is 0 Å². The van der Waals surface area contributed by atoms with Crippen LogP contribution in [0.4, 0.5) is 0 Å². The number of hydrogen-bond donors (Lipinski definition) is 1. The number of hydrogen-bond acceptors (Lipinski definition) is 2. The summed E-state index contributed by atoms with van der Waals surface area (Å²) in [6.45, 7) is 2.29. The van der Waals surface area contributed by atoms with Crippen LogP contribution in [-0.4, -0.2) is 13.1 Å². The third-order valence-corrected chi connectivity index (χ3v) is 3.87. The van der Waals surface area contributed by atoms with Crippen LogP contribution in [-0.2, 0) is 0 Å². The molecule has 0 aliphatic carbocycles. The molecule has 1 aliphatic heterocycles. The quantitative estimate of drug-likeness (QED) is 0.817. The summed E-state index contributed by atoms with van der Waals surface area (Å²) in [5, 5.41) is 6.27. The zero-order valence-corrected chi connectivity index (χ0v) is 9.57. The third kappa shape index (κ3) is 2.59. The normalized spacial score (nSPS) is 19.2. The summed E-state index contributed by atoms with van der Waals surface area (Å²) in [6.07, 6.45) is 6.97. The van der Waals surface area contributed by atoms with E-state index >= 15 is 0 Å². The molecule has 2 heterocycles. The molecule has 0 radical (unpaired) electrons. The van der Waals surface area contributed by atoms with Crippen molar-refractivity contribution < 1.29 is 0 Å². The molecule has 0 aromatic carbocycles. The van der Waals surface area contributed by atoms with Crippen molar-refractivity contribution in [1.29, 1.82) is 0 Å². The monoisotopic (exact) mass is 227 g/mol. The topological polar surface area (TPSA) is 12.0 Å². The van der Waals surface area contributed by atoms with Crippen LogP contribution < -0.4 is 5.32 Å². The van der Waals surface area contributed by atoms with Gasteiger partial charge in [0, 0.05) is 4.88 Å². The van der Waals surface area contributed by atoms with E-state index in [-0.39, 0.29) is 0 Å². The lowest BCUT2D eigenvalue weighted by atomic mass is 9.98. The summed E-state index contributed by atoms with van der Waals surface area (Å²) in [5.41, 5.74) is 0. The fourth-order valence-corrected chi connectivity index (χ4v) is 2.71.